The fraction of sp³-hybridized carbons (Fsp3) is 0.659. The third kappa shape index (κ3) is 4.83. The number of ether oxygens (including phenoxy) is 5. The molecule has 1 spiro atoms. The monoisotopic (exact) mass is 780 g/mol. The van der Waals surface area contributed by atoms with Gasteiger partial charge in [-0.05, 0) is 85.8 Å². The van der Waals surface area contributed by atoms with Crippen molar-refractivity contribution in [2.75, 3.05) is 34.0 Å². The van der Waals surface area contributed by atoms with Gasteiger partial charge >= 0.3 is 29.8 Å². The van der Waals surface area contributed by atoms with E-state index in [2.05, 4.69) is 11.7 Å². The van der Waals surface area contributed by atoms with Gasteiger partial charge in [-0.2, -0.15) is 0 Å². The van der Waals surface area contributed by atoms with Crippen molar-refractivity contribution < 1.29 is 72.9 Å². The molecule has 13 atom stereocenters. The lowest BCUT2D eigenvalue weighted by Crippen LogP contribution is -2.67. The molecule has 0 bridgehead atoms. The zero-order chi connectivity index (χ0) is 40.6. The van der Waals surface area contributed by atoms with Gasteiger partial charge < -0.3 is 44.1 Å². The number of rotatable bonds is 10. The second kappa shape index (κ2) is 12.7. The van der Waals surface area contributed by atoms with E-state index in [-0.39, 0.29) is 65.6 Å². The molecule has 0 saturated heterocycles. The van der Waals surface area contributed by atoms with E-state index >= 15 is 0 Å². The second-order valence-corrected chi connectivity index (χ2v) is 17.4. The Bertz CT molecular complexity index is 2010. The summed E-state index contributed by atoms with van der Waals surface area (Å²) in [5.41, 5.74) is -2.66. The molecule has 0 unspecified atom stereocenters. The van der Waals surface area contributed by atoms with Gasteiger partial charge in [-0.3, -0.25) is 9.59 Å². The van der Waals surface area contributed by atoms with Crippen LogP contribution in [0.5, 0.6) is 0 Å². The summed E-state index contributed by atoms with van der Waals surface area (Å²) < 4.78 is 27.5. The van der Waals surface area contributed by atoms with Crippen LogP contribution in [-0.2, 0) is 52.5 Å². The summed E-state index contributed by atoms with van der Waals surface area (Å²) in [4.78, 5) is 80.1. The Hall–Kier alpha value is -4.18. The number of aliphatic hydroxyl groups is 4. The Morgan fingerprint density at radius 1 is 0.964 bits per heavy atom. The van der Waals surface area contributed by atoms with Gasteiger partial charge in [0.25, 0.3) is 0 Å². The van der Waals surface area contributed by atoms with Crippen LogP contribution in [0.4, 0.5) is 0 Å². The Balaban J connectivity index is 1.31. The summed E-state index contributed by atoms with van der Waals surface area (Å²) in [5.74, 6) is -7.61. The van der Waals surface area contributed by atoms with Gasteiger partial charge in [0.1, 0.15) is 30.5 Å². The molecule has 8 aliphatic rings. The molecule has 0 aromatic heterocycles. The van der Waals surface area contributed by atoms with Crippen molar-refractivity contribution in [3.05, 3.63) is 45.1 Å². The molecule has 4 N–H and O–H groups in total. The number of aliphatic hydroxyl groups excluding tert-OH is 3. The van der Waals surface area contributed by atoms with Crippen molar-refractivity contribution >= 4 is 35.6 Å². The fourth-order valence-corrected chi connectivity index (χ4v) is 12.6. The number of Topliss-reactive ketones (excluding diaryl/α,β-unsaturated/α-hetero) is 1. The van der Waals surface area contributed by atoms with E-state index in [4.69, 9.17) is 18.9 Å². The van der Waals surface area contributed by atoms with Gasteiger partial charge in [0, 0.05) is 34.0 Å². The third-order valence-electron chi connectivity index (χ3n) is 15.3. The summed E-state index contributed by atoms with van der Waals surface area (Å²) in [7, 11) is 2.24. The van der Waals surface area contributed by atoms with Gasteiger partial charge in [-0.1, -0.05) is 19.4 Å². The van der Waals surface area contributed by atoms with Gasteiger partial charge in [0.05, 0.1) is 38.7 Å². The predicted octanol–water partition coefficient (Wildman–Crippen LogP) is 0.956. The number of fused-ring (bicyclic) bond motifs is 7. The van der Waals surface area contributed by atoms with Gasteiger partial charge in [0.15, 0.2) is 11.9 Å². The van der Waals surface area contributed by atoms with Crippen LogP contribution in [0.3, 0.4) is 0 Å². The molecule has 0 aromatic carbocycles. The molecule has 5 fully saturated rings. The molecular weight excluding hydrogens is 732 g/mol. The predicted molar refractivity (Wildman–Crippen MR) is 188 cm³/mol. The van der Waals surface area contributed by atoms with Crippen LogP contribution in [-0.4, -0.2) is 114 Å². The third-order valence-corrected chi connectivity index (χ3v) is 15.3. The summed E-state index contributed by atoms with van der Waals surface area (Å²) in [6.45, 7) is 5.52. The number of hydrogen-bond acceptors (Lipinski definition) is 15. The first kappa shape index (κ1) is 38.7. The highest BCUT2D eigenvalue weighted by Gasteiger charge is 2.84. The topological polar surface area (TPSA) is 229 Å². The molecule has 8 rings (SSSR count). The maximum Gasteiger partial charge on any atom is 0.338 e. The molecule has 15 nitrogen and oxygen atoms in total. The van der Waals surface area contributed by atoms with Crippen molar-refractivity contribution in [3.8, 4) is 0 Å². The van der Waals surface area contributed by atoms with E-state index in [1.807, 2.05) is 6.92 Å². The number of allylic oxidation sites excluding steroid dienone is 1. The average Bonchev–Trinajstić information content (AvgIpc) is 4.09. The zero-order valence-corrected chi connectivity index (χ0v) is 32.2. The minimum Gasteiger partial charge on any atom is -0.467 e. The maximum atomic E-state index is 14.6. The lowest BCUT2D eigenvalue weighted by atomic mass is 9.42. The first-order valence-corrected chi connectivity index (χ1v) is 19.2. The van der Waals surface area contributed by atoms with Crippen LogP contribution in [0, 0.1) is 52.3 Å². The first-order chi connectivity index (χ1) is 26.4. The molecule has 1 aliphatic heterocycles. The Morgan fingerprint density at radius 3 is 2.34 bits per heavy atom. The molecular formula is C41H48O15. The normalized spacial score (nSPS) is 42.3. The Morgan fingerprint density at radius 2 is 1.68 bits per heavy atom. The van der Waals surface area contributed by atoms with E-state index in [1.165, 1.54) is 27.0 Å². The molecule has 5 saturated carbocycles. The van der Waals surface area contributed by atoms with Crippen LogP contribution < -0.4 is 0 Å². The van der Waals surface area contributed by atoms with E-state index in [0.717, 1.165) is 24.7 Å². The fourth-order valence-electron chi connectivity index (χ4n) is 12.6. The van der Waals surface area contributed by atoms with Crippen molar-refractivity contribution in [2.24, 2.45) is 52.3 Å². The number of hydrogen-bond donors (Lipinski definition) is 4. The highest BCUT2D eigenvalue weighted by atomic mass is 16.6. The largest absolute Gasteiger partial charge is 0.467 e. The van der Waals surface area contributed by atoms with Crippen molar-refractivity contribution in [2.45, 2.75) is 83.2 Å². The molecule has 0 aromatic rings. The number of methoxy groups -OCH3 is 2. The minimum absolute atomic E-state index is 0.00667. The SMILES string of the molecule is COC(=O)/C(C)=C1\C(=O)[C@H](O)[C@]2(C)C3=C(C[C@@H]4[C@]5(OC(=O)C(COC(=O)C[C@H](O)C(=O)OC)=C5C[C@H]5[C@](O)(COC(=O)/C(C)=C/CO)[C@H]6C[C@H]6[C@]45C)[C@H]31)[C@H]1C[C@H]12. The lowest BCUT2D eigenvalue weighted by Gasteiger charge is -2.63. The van der Waals surface area contributed by atoms with Crippen LogP contribution in [0.15, 0.2) is 45.1 Å². The van der Waals surface area contributed by atoms with Crippen LogP contribution in [0.2, 0.25) is 0 Å². The van der Waals surface area contributed by atoms with E-state index in [9.17, 15) is 49.2 Å². The summed E-state index contributed by atoms with van der Waals surface area (Å²) >= 11 is 0. The van der Waals surface area contributed by atoms with Gasteiger partial charge in [-0.25, -0.2) is 19.2 Å². The van der Waals surface area contributed by atoms with Crippen molar-refractivity contribution in [1.29, 1.82) is 0 Å². The lowest BCUT2D eigenvalue weighted by molar-refractivity contribution is -0.191. The molecule has 0 radical (unpaired) electrons. The molecule has 56 heavy (non-hydrogen) atoms. The maximum absolute atomic E-state index is 14.6. The highest BCUT2D eigenvalue weighted by Crippen LogP contribution is 2.83. The van der Waals surface area contributed by atoms with Crippen LogP contribution >= 0.6 is 0 Å². The molecule has 7 aliphatic carbocycles. The molecule has 15 heteroatoms. The standard InChI is InChI=1S/C41H48O15/c1-16(7-8-42)34(47)55-15-40(51)24-11-23(24)38(3)26(40)12-22-20(14-54-28(44)13-25(43)37(50)53-6)36(49)56-41(22)27(38)10-19-18-9-21(18)39(4)30(19)31(41)29(32(45)33(39)46)17(2)35(48)52-5/h7,18,21,23-27,31,33,42-43,46,51H,8-15H2,1-6H3/b16-7+,29-17-/t18-,21-,23-,24+,25+,26-,27+,31+,33+,38+,39+,40+,41+/m1/s1. The number of ketones is 1. The average molecular weight is 781 g/mol. The van der Waals surface area contributed by atoms with Gasteiger partial charge in [0.2, 0.25) is 0 Å². The number of carbonyl (C=O) groups excluding carboxylic acids is 6. The molecule has 1 heterocycles. The summed E-state index contributed by atoms with van der Waals surface area (Å²) in [6, 6.07) is 0. The first-order valence-electron chi connectivity index (χ1n) is 19.2. The van der Waals surface area contributed by atoms with Crippen molar-refractivity contribution in [1.82, 2.24) is 0 Å². The Labute approximate surface area is 322 Å². The Kier molecular flexibility index (Phi) is 8.74. The molecule has 302 valence electrons. The quantitative estimate of drug-likeness (QED) is 0.105. The number of carbonyl (C=O) groups is 6. The minimum atomic E-state index is -1.81. The zero-order valence-electron chi connectivity index (χ0n) is 32.2. The van der Waals surface area contributed by atoms with E-state index < -0.39 is 101 Å². The van der Waals surface area contributed by atoms with Crippen LogP contribution in [0.25, 0.3) is 0 Å². The van der Waals surface area contributed by atoms with Crippen molar-refractivity contribution in [3.63, 3.8) is 0 Å². The summed E-state index contributed by atoms with van der Waals surface area (Å²) in [6.07, 6.45) is -0.952. The van der Waals surface area contributed by atoms with E-state index in [1.54, 1.807) is 0 Å². The summed E-state index contributed by atoms with van der Waals surface area (Å²) in [5, 5.41) is 44.0. The van der Waals surface area contributed by atoms with Crippen LogP contribution in [0.1, 0.15) is 59.8 Å². The smallest absolute Gasteiger partial charge is 0.338 e. The van der Waals surface area contributed by atoms with E-state index in [0.29, 0.717) is 18.4 Å². The number of esters is 5. The second-order valence-electron chi connectivity index (χ2n) is 17.4. The molecule has 0 amide bonds. The van der Waals surface area contributed by atoms with Gasteiger partial charge in [-0.15, -0.1) is 0 Å². The highest BCUT2D eigenvalue weighted by molar-refractivity contribution is 6.09.